The van der Waals surface area contributed by atoms with Crippen molar-refractivity contribution in [2.24, 2.45) is 0 Å². The number of hydrogen-bond acceptors (Lipinski definition) is 7. The first kappa shape index (κ1) is 17.7. The minimum Gasteiger partial charge on any atom is -0.493 e. The van der Waals surface area contributed by atoms with Crippen molar-refractivity contribution >= 4 is 5.95 Å². The standard InChI is InChI=1S/C18H22N6O2/c1-11-8-16(21-12(2)20-11)24-17(22-18(19-3)23-24)10-13-6-7-14(25-4)15(9-13)26-5/h6-9H,10H2,1-5H3,(H,19,23). The van der Waals surface area contributed by atoms with Crippen molar-refractivity contribution in [2.45, 2.75) is 20.3 Å². The normalized spacial score (nSPS) is 10.7. The molecule has 0 bridgehead atoms. The maximum atomic E-state index is 5.39. The number of ether oxygens (including phenoxy) is 2. The second-order valence-electron chi connectivity index (χ2n) is 5.79. The molecule has 0 saturated heterocycles. The Kier molecular flexibility index (Phi) is 5.01. The predicted octanol–water partition coefficient (Wildman–Crippen LogP) is 2.32. The number of aromatic nitrogens is 5. The van der Waals surface area contributed by atoms with Gasteiger partial charge in [-0.15, -0.1) is 5.10 Å². The number of nitrogens with one attached hydrogen (secondary N) is 1. The number of rotatable bonds is 6. The Bertz CT molecular complexity index is 902. The quantitative estimate of drug-likeness (QED) is 0.727. The van der Waals surface area contributed by atoms with Crippen molar-refractivity contribution in [1.82, 2.24) is 24.7 Å². The lowest BCUT2D eigenvalue weighted by Gasteiger charge is -2.10. The van der Waals surface area contributed by atoms with Crippen LogP contribution in [0.1, 0.15) is 22.9 Å². The smallest absolute Gasteiger partial charge is 0.242 e. The fraction of sp³-hybridized carbons (Fsp3) is 0.333. The summed E-state index contributed by atoms with van der Waals surface area (Å²) < 4.78 is 12.4. The first-order chi connectivity index (χ1) is 12.5. The molecular formula is C18H22N6O2. The summed E-state index contributed by atoms with van der Waals surface area (Å²) in [5.74, 6) is 4.06. The Hall–Kier alpha value is -3.16. The molecule has 136 valence electrons. The SMILES string of the molecule is CNc1nc(Cc2ccc(OC)c(OC)c2)n(-c2cc(C)nc(C)n2)n1. The molecular weight excluding hydrogens is 332 g/mol. The van der Waals surface area contributed by atoms with Crippen LogP contribution in [0.4, 0.5) is 5.95 Å². The van der Waals surface area contributed by atoms with E-state index in [0.717, 1.165) is 17.1 Å². The molecule has 3 rings (SSSR count). The van der Waals surface area contributed by atoms with Crippen molar-refractivity contribution in [1.29, 1.82) is 0 Å². The fourth-order valence-corrected chi connectivity index (χ4v) is 2.73. The van der Waals surface area contributed by atoms with Crippen molar-refractivity contribution in [3.63, 3.8) is 0 Å². The number of hydrogen-bond donors (Lipinski definition) is 1. The van der Waals surface area contributed by atoms with E-state index in [1.165, 1.54) is 0 Å². The second kappa shape index (κ2) is 7.38. The van der Waals surface area contributed by atoms with Gasteiger partial charge in [0.2, 0.25) is 5.95 Å². The summed E-state index contributed by atoms with van der Waals surface area (Å²) in [6, 6.07) is 7.69. The van der Waals surface area contributed by atoms with Crippen molar-refractivity contribution in [3.8, 4) is 17.3 Å². The van der Waals surface area contributed by atoms with Gasteiger partial charge in [-0.25, -0.2) is 9.97 Å². The topological polar surface area (TPSA) is 87.0 Å². The molecule has 0 radical (unpaired) electrons. The summed E-state index contributed by atoms with van der Waals surface area (Å²) in [5.41, 5.74) is 1.91. The second-order valence-corrected chi connectivity index (χ2v) is 5.79. The maximum absolute atomic E-state index is 5.39. The van der Waals surface area contributed by atoms with Crippen molar-refractivity contribution in [3.05, 3.63) is 47.2 Å². The van der Waals surface area contributed by atoms with Gasteiger partial charge in [0.15, 0.2) is 17.3 Å². The van der Waals surface area contributed by atoms with E-state index in [2.05, 4.69) is 25.4 Å². The van der Waals surface area contributed by atoms with Gasteiger partial charge >= 0.3 is 0 Å². The van der Waals surface area contributed by atoms with Crippen LogP contribution >= 0.6 is 0 Å². The molecule has 0 saturated carbocycles. The Morgan fingerprint density at radius 2 is 1.77 bits per heavy atom. The molecule has 0 atom stereocenters. The van der Waals surface area contributed by atoms with Crippen LogP contribution in [0.5, 0.6) is 11.5 Å². The van der Waals surface area contributed by atoms with E-state index in [1.54, 1.807) is 25.9 Å². The van der Waals surface area contributed by atoms with E-state index in [1.807, 2.05) is 38.1 Å². The predicted molar refractivity (Wildman–Crippen MR) is 98.3 cm³/mol. The number of anilines is 1. The van der Waals surface area contributed by atoms with Crippen LogP contribution in [-0.4, -0.2) is 46.0 Å². The van der Waals surface area contributed by atoms with Gasteiger partial charge in [0, 0.05) is 25.2 Å². The zero-order chi connectivity index (χ0) is 18.7. The molecule has 8 heteroatoms. The zero-order valence-corrected chi connectivity index (χ0v) is 15.6. The molecule has 8 nitrogen and oxygen atoms in total. The lowest BCUT2D eigenvalue weighted by Crippen LogP contribution is -2.08. The van der Waals surface area contributed by atoms with Crippen LogP contribution in [0.3, 0.4) is 0 Å². The number of methoxy groups -OCH3 is 2. The van der Waals surface area contributed by atoms with E-state index >= 15 is 0 Å². The Morgan fingerprint density at radius 3 is 2.42 bits per heavy atom. The molecule has 3 aromatic rings. The lowest BCUT2D eigenvalue weighted by atomic mass is 10.1. The van der Waals surface area contributed by atoms with Crippen LogP contribution in [-0.2, 0) is 6.42 Å². The van der Waals surface area contributed by atoms with Gasteiger partial charge in [0.05, 0.1) is 14.2 Å². The monoisotopic (exact) mass is 354 g/mol. The van der Waals surface area contributed by atoms with Crippen LogP contribution in [0, 0.1) is 13.8 Å². The van der Waals surface area contributed by atoms with Crippen molar-refractivity contribution in [2.75, 3.05) is 26.6 Å². The summed E-state index contributed by atoms with van der Waals surface area (Å²) in [6.07, 6.45) is 0.567. The lowest BCUT2D eigenvalue weighted by molar-refractivity contribution is 0.354. The van der Waals surface area contributed by atoms with Gasteiger partial charge in [0.1, 0.15) is 11.6 Å². The largest absolute Gasteiger partial charge is 0.493 e. The highest BCUT2D eigenvalue weighted by molar-refractivity contribution is 5.44. The van der Waals surface area contributed by atoms with Gasteiger partial charge in [-0.1, -0.05) is 6.07 Å². The van der Waals surface area contributed by atoms with E-state index in [4.69, 9.17) is 9.47 Å². The van der Waals surface area contributed by atoms with Gasteiger partial charge in [-0.05, 0) is 31.5 Å². The van der Waals surface area contributed by atoms with E-state index < -0.39 is 0 Å². The molecule has 0 unspecified atom stereocenters. The molecule has 2 aromatic heterocycles. The van der Waals surface area contributed by atoms with Gasteiger partial charge in [-0.3, -0.25) is 0 Å². The summed E-state index contributed by atoms with van der Waals surface area (Å²) in [6.45, 7) is 3.79. The maximum Gasteiger partial charge on any atom is 0.242 e. The molecule has 0 aliphatic heterocycles. The van der Waals surface area contributed by atoms with E-state index in [-0.39, 0.29) is 0 Å². The highest BCUT2D eigenvalue weighted by Gasteiger charge is 2.15. The summed E-state index contributed by atoms with van der Waals surface area (Å²) in [4.78, 5) is 13.4. The van der Waals surface area contributed by atoms with Crippen LogP contribution < -0.4 is 14.8 Å². The Morgan fingerprint density at radius 1 is 1.00 bits per heavy atom. The molecule has 0 fully saturated rings. The van der Waals surface area contributed by atoms with Gasteiger partial charge in [0.25, 0.3) is 0 Å². The third-order valence-corrected chi connectivity index (χ3v) is 3.88. The third kappa shape index (κ3) is 3.58. The van der Waals surface area contributed by atoms with Crippen molar-refractivity contribution < 1.29 is 9.47 Å². The first-order valence-electron chi connectivity index (χ1n) is 8.21. The third-order valence-electron chi connectivity index (χ3n) is 3.88. The minimum atomic E-state index is 0.536. The Balaban J connectivity index is 2.01. The molecule has 0 amide bonds. The summed E-state index contributed by atoms with van der Waals surface area (Å²) in [7, 11) is 5.03. The van der Waals surface area contributed by atoms with Gasteiger partial charge < -0.3 is 14.8 Å². The molecule has 1 N–H and O–H groups in total. The molecule has 1 aromatic carbocycles. The fourth-order valence-electron chi connectivity index (χ4n) is 2.73. The average Bonchev–Trinajstić information content (AvgIpc) is 3.03. The molecule has 0 aliphatic rings. The minimum absolute atomic E-state index is 0.536. The zero-order valence-electron chi connectivity index (χ0n) is 15.6. The van der Waals surface area contributed by atoms with Crippen LogP contribution in [0.15, 0.2) is 24.3 Å². The van der Waals surface area contributed by atoms with Crippen LogP contribution in [0.2, 0.25) is 0 Å². The number of aryl methyl sites for hydroxylation is 2. The highest BCUT2D eigenvalue weighted by atomic mass is 16.5. The van der Waals surface area contributed by atoms with E-state index in [0.29, 0.717) is 35.5 Å². The van der Waals surface area contributed by atoms with Crippen LogP contribution in [0.25, 0.3) is 5.82 Å². The Labute approximate surface area is 152 Å². The average molecular weight is 354 g/mol. The summed E-state index contributed by atoms with van der Waals surface area (Å²) >= 11 is 0. The molecule has 0 aliphatic carbocycles. The molecule has 2 heterocycles. The number of benzene rings is 1. The van der Waals surface area contributed by atoms with Gasteiger partial charge in [-0.2, -0.15) is 9.67 Å². The summed E-state index contributed by atoms with van der Waals surface area (Å²) in [5, 5.41) is 7.48. The highest BCUT2D eigenvalue weighted by Crippen LogP contribution is 2.28. The first-order valence-corrected chi connectivity index (χ1v) is 8.21. The van der Waals surface area contributed by atoms with E-state index in [9.17, 15) is 0 Å². The number of nitrogens with zero attached hydrogens (tertiary/aromatic N) is 5. The molecule has 0 spiro atoms. The molecule has 26 heavy (non-hydrogen) atoms.